The standard InChI is InChI=1S/C8H9F4N3/c1-5(2-8(10,11)12)15-7-13-3-6(9)4-14-7/h3-5H,2H2,1H3,(H,13,14,15). The minimum atomic E-state index is -4.24. The number of nitrogens with one attached hydrogen (secondary N) is 1. The summed E-state index contributed by atoms with van der Waals surface area (Å²) < 4.78 is 48.2. The van der Waals surface area contributed by atoms with Gasteiger partial charge in [0.2, 0.25) is 5.95 Å². The summed E-state index contributed by atoms with van der Waals surface area (Å²) in [4.78, 5) is 6.97. The molecule has 0 aliphatic carbocycles. The summed E-state index contributed by atoms with van der Waals surface area (Å²) in [6, 6.07) is -0.851. The number of aromatic nitrogens is 2. The Bertz CT molecular complexity index is 309. The number of rotatable bonds is 3. The van der Waals surface area contributed by atoms with Crippen molar-refractivity contribution in [1.82, 2.24) is 9.97 Å². The van der Waals surface area contributed by atoms with E-state index in [1.165, 1.54) is 6.92 Å². The van der Waals surface area contributed by atoms with E-state index >= 15 is 0 Å². The third-order valence-electron chi connectivity index (χ3n) is 1.53. The number of alkyl halides is 3. The van der Waals surface area contributed by atoms with Crippen molar-refractivity contribution in [2.45, 2.75) is 25.6 Å². The van der Waals surface area contributed by atoms with Crippen LogP contribution in [0.15, 0.2) is 12.4 Å². The monoisotopic (exact) mass is 223 g/mol. The molecule has 1 aromatic rings. The van der Waals surface area contributed by atoms with E-state index in [1.54, 1.807) is 0 Å². The zero-order valence-corrected chi connectivity index (χ0v) is 7.85. The SMILES string of the molecule is CC(CC(F)(F)F)Nc1ncc(F)cn1. The Labute approximate surface area is 83.5 Å². The van der Waals surface area contributed by atoms with Crippen LogP contribution in [0.1, 0.15) is 13.3 Å². The molecule has 0 saturated heterocycles. The lowest BCUT2D eigenvalue weighted by Crippen LogP contribution is -2.24. The molecule has 0 amide bonds. The van der Waals surface area contributed by atoms with E-state index < -0.39 is 24.5 Å². The van der Waals surface area contributed by atoms with Gasteiger partial charge in [-0.15, -0.1) is 0 Å². The molecule has 0 spiro atoms. The van der Waals surface area contributed by atoms with E-state index in [4.69, 9.17) is 0 Å². The number of hydrogen-bond acceptors (Lipinski definition) is 3. The molecular weight excluding hydrogens is 214 g/mol. The molecule has 1 N–H and O–H groups in total. The van der Waals surface area contributed by atoms with Crippen molar-refractivity contribution < 1.29 is 17.6 Å². The van der Waals surface area contributed by atoms with Gasteiger partial charge in [-0.1, -0.05) is 0 Å². The highest BCUT2D eigenvalue weighted by Crippen LogP contribution is 2.22. The van der Waals surface area contributed by atoms with Crippen molar-refractivity contribution in [3.8, 4) is 0 Å². The molecule has 15 heavy (non-hydrogen) atoms. The Hall–Kier alpha value is -1.40. The molecule has 0 saturated carbocycles. The number of nitrogens with zero attached hydrogens (tertiary/aromatic N) is 2. The van der Waals surface area contributed by atoms with Gasteiger partial charge in [0.1, 0.15) is 0 Å². The lowest BCUT2D eigenvalue weighted by atomic mass is 10.2. The molecule has 1 heterocycles. The van der Waals surface area contributed by atoms with Gasteiger partial charge in [0.15, 0.2) is 5.82 Å². The van der Waals surface area contributed by atoms with Crippen molar-refractivity contribution >= 4 is 5.95 Å². The predicted molar refractivity (Wildman–Crippen MR) is 45.7 cm³/mol. The Kier molecular flexibility index (Phi) is 3.43. The minimum absolute atomic E-state index is 0.0202. The van der Waals surface area contributed by atoms with Crippen LogP contribution in [-0.4, -0.2) is 22.2 Å². The highest BCUT2D eigenvalue weighted by molar-refractivity contribution is 5.23. The van der Waals surface area contributed by atoms with Crippen LogP contribution in [0.3, 0.4) is 0 Å². The second kappa shape index (κ2) is 4.41. The summed E-state index contributed by atoms with van der Waals surface area (Å²) >= 11 is 0. The summed E-state index contributed by atoms with van der Waals surface area (Å²) in [5.74, 6) is -0.655. The van der Waals surface area contributed by atoms with Crippen LogP contribution < -0.4 is 5.32 Å². The molecule has 84 valence electrons. The number of anilines is 1. The molecule has 3 nitrogen and oxygen atoms in total. The third kappa shape index (κ3) is 4.57. The second-order valence-electron chi connectivity index (χ2n) is 3.09. The van der Waals surface area contributed by atoms with Crippen LogP contribution in [0.2, 0.25) is 0 Å². The Morgan fingerprint density at radius 3 is 2.33 bits per heavy atom. The molecule has 1 unspecified atom stereocenters. The van der Waals surface area contributed by atoms with Crippen LogP contribution in [-0.2, 0) is 0 Å². The average Bonchev–Trinajstić information content (AvgIpc) is 2.05. The maximum absolute atomic E-state index is 12.4. The van der Waals surface area contributed by atoms with Crippen molar-refractivity contribution in [2.75, 3.05) is 5.32 Å². The number of halogens is 4. The Morgan fingerprint density at radius 1 is 1.33 bits per heavy atom. The Balaban J connectivity index is 2.51. The highest BCUT2D eigenvalue weighted by atomic mass is 19.4. The second-order valence-corrected chi connectivity index (χ2v) is 3.09. The van der Waals surface area contributed by atoms with E-state index in [2.05, 4.69) is 15.3 Å². The predicted octanol–water partition coefficient (Wildman–Crippen LogP) is 2.37. The normalized spacial score (nSPS) is 13.7. The fourth-order valence-corrected chi connectivity index (χ4v) is 1.01. The van der Waals surface area contributed by atoms with E-state index in [0.717, 1.165) is 12.4 Å². The molecule has 1 rings (SSSR count). The Morgan fingerprint density at radius 2 is 1.87 bits per heavy atom. The van der Waals surface area contributed by atoms with Gasteiger partial charge in [-0.05, 0) is 6.92 Å². The topological polar surface area (TPSA) is 37.8 Å². The van der Waals surface area contributed by atoms with E-state index in [9.17, 15) is 17.6 Å². The lowest BCUT2D eigenvalue weighted by molar-refractivity contribution is -0.136. The highest BCUT2D eigenvalue weighted by Gasteiger charge is 2.30. The van der Waals surface area contributed by atoms with E-state index in [0.29, 0.717) is 0 Å². The van der Waals surface area contributed by atoms with Crippen LogP contribution in [0.25, 0.3) is 0 Å². The lowest BCUT2D eigenvalue weighted by Gasteiger charge is -2.15. The first-order valence-corrected chi connectivity index (χ1v) is 4.17. The molecule has 1 aromatic heterocycles. The first kappa shape index (κ1) is 11.7. The first-order valence-electron chi connectivity index (χ1n) is 4.17. The van der Waals surface area contributed by atoms with Gasteiger partial charge in [0.25, 0.3) is 0 Å². The molecule has 0 bridgehead atoms. The first-order chi connectivity index (χ1) is 6.87. The van der Waals surface area contributed by atoms with Gasteiger partial charge < -0.3 is 5.32 Å². The van der Waals surface area contributed by atoms with Gasteiger partial charge >= 0.3 is 6.18 Å². The van der Waals surface area contributed by atoms with Gasteiger partial charge in [0.05, 0.1) is 18.8 Å². The molecule has 1 atom stereocenters. The third-order valence-corrected chi connectivity index (χ3v) is 1.53. The molecule has 7 heteroatoms. The molecule has 0 aliphatic heterocycles. The smallest absolute Gasteiger partial charge is 0.351 e. The van der Waals surface area contributed by atoms with Crippen molar-refractivity contribution in [3.05, 3.63) is 18.2 Å². The average molecular weight is 223 g/mol. The zero-order valence-electron chi connectivity index (χ0n) is 7.85. The van der Waals surface area contributed by atoms with Crippen LogP contribution in [0.4, 0.5) is 23.5 Å². The quantitative estimate of drug-likeness (QED) is 0.799. The van der Waals surface area contributed by atoms with Gasteiger partial charge in [-0.25, -0.2) is 14.4 Å². The molecular formula is C8H9F4N3. The van der Waals surface area contributed by atoms with Gasteiger partial charge in [0, 0.05) is 6.04 Å². The fourth-order valence-electron chi connectivity index (χ4n) is 1.01. The van der Waals surface area contributed by atoms with E-state index in [-0.39, 0.29) is 5.95 Å². The van der Waals surface area contributed by atoms with Crippen LogP contribution >= 0.6 is 0 Å². The molecule has 0 fully saturated rings. The summed E-state index contributed by atoms with van der Waals surface area (Å²) in [6.07, 6.45) is -3.47. The summed E-state index contributed by atoms with van der Waals surface area (Å²) in [5.41, 5.74) is 0. The fraction of sp³-hybridized carbons (Fsp3) is 0.500. The molecule has 0 radical (unpaired) electrons. The summed E-state index contributed by atoms with van der Waals surface area (Å²) in [6.45, 7) is 1.35. The van der Waals surface area contributed by atoms with Gasteiger partial charge in [-0.3, -0.25) is 0 Å². The summed E-state index contributed by atoms with van der Waals surface area (Å²) in [5, 5.41) is 2.42. The van der Waals surface area contributed by atoms with Crippen LogP contribution in [0, 0.1) is 5.82 Å². The summed E-state index contributed by atoms with van der Waals surface area (Å²) in [7, 11) is 0. The largest absolute Gasteiger partial charge is 0.391 e. The minimum Gasteiger partial charge on any atom is -0.351 e. The maximum atomic E-state index is 12.4. The molecule has 0 aliphatic rings. The van der Waals surface area contributed by atoms with Crippen LogP contribution in [0.5, 0.6) is 0 Å². The van der Waals surface area contributed by atoms with E-state index in [1.807, 2.05) is 0 Å². The van der Waals surface area contributed by atoms with Gasteiger partial charge in [-0.2, -0.15) is 13.2 Å². The molecule has 0 aromatic carbocycles. The van der Waals surface area contributed by atoms with Crippen molar-refractivity contribution in [3.63, 3.8) is 0 Å². The maximum Gasteiger partial charge on any atom is 0.391 e. The zero-order chi connectivity index (χ0) is 11.5. The van der Waals surface area contributed by atoms with Crippen molar-refractivity contribution in [2.24, 2.45) is 0 Å². The van der Waals surface area contributed by atoms with Crippen molar-refractivity contribution in [1.29, 1.82) is 0 Å². The number of hydrogen-bond donors (Lipinski definition) is 1.